The lowest BCUT2D eigenvalue weighted by atomic mass is 10.0. The van der Waals surface area contributed by atoms with E-state index in [1.165, 1.54) is 4.90 Å². The molecule has 2 heterocycles. The Hall–Kier alpha value is -2.19. The number of carbonyl (C=O) groups is 1. The third-order valence-corrected chi connectivity index (χ3v) is 4.83. The Bertz CT molecular complexity index is 809. The number of benzene rings is 1. The molecule has 0 aliphatic carbocycles. The molecule has 9 heteroatoms. The van der Waals surface area contributed by atoms with Crippen LogP contribution in [-0.2, 0) is 12.7 Å². The van der Waals surface area contributed by atoms with E-state index in [2.05, 4.69) is 10.3 Å². The van der Waals surface area contributed by atoms with Crippen LogP contribution in [0.1, 0.15) is 40.9 Å². The zero-order valence-corrected chi connectivity index (χ0v) is 16.4. The van der Waals surface area contributed by atoms with E-state index in [1.54, 1.807) is 24.4 Å². The van der Waals surface area contributed by atoms with Gasteiger partial charge in [-0.3, -0.25) is 9.78 Å². The van der Waals surface area contributed by atoms with Crippen LogP contribution >= 0.6 is 12.4 Å². The SMILES string of the molecule is Cl.O=C(c1cc(C(F)(F)F)ccc1F)N(Cc1ccccn1)C1CCCNCC1. The summed E-state index contributed by atoms with van der Waals surface area (Å²) in [6.07, 6.45) is -0.925. The highest BCUT2D eigenvalue weighted by molar-refractivity contribution is 5.95. The van der Waals surface area contributed by atoms with Crippen molar-refractivity contribution in [2.24, 2.45) is 0 Å². The summed E-state index contributed by atoms with van der Waals surface area (Å²) >= 11 is 0. The number of nitrogens with one attached hydrogen (secondary N) is 1. The minimum Gasteiger partial charge on any atom is -0.330 e. The molecule has 0 saturated carbocycles. The van der Waals surface area contributed by atoms with Gasteiger partial charge in [0.15, 0.2) is 0 Å². The second kappa shape index (κ2) is 10.0. The fraction of sp³-hybridized carbons (Fsp3) is 0.400. The van der Waals surface area contributed by atoms with E-state index in [9.17, 15) is 22.4 Å². The number of nitrogens with zero attached hydrogens (tertiary/aromatic N) is 2. The first kappa shape index (κ1) is 23.1. The first-order chi connectivity index (χ1) is 13.4. The Morgan fingerprint density at radius 2 is 1.97 bits per heavy atom. The molecule has 0 bridgehead atoms. The van der Waals surface area contributed by atoms with E-state index in [-0.39, 0.29) is 25.0 Å². The molecular weight excluding hydrogens is 410 g/mol. The van der Waals surface area contributed by atoms with Gasteiger partial charge in [-0.1, -0.05) is 6.07 Å². The molecule has 1 atom stereocenters. The highest BCUT2D eigenvalue weighted by Crippen LogP contribution is 2.31. The fourth-order valence-electron chi connectivity index (χ4n) is 3.37. The smallest absolute Gasteiger partial charge is 0.330 e. The average Bonchev–Trinajstić information content (AvgIpc) is 2.95. The zero-order valence-electron chi connectivity index (χ0n) is 15.6. The molecule has 1 aliphatic rings. The normalized spacial score (nSPS) is 17.2. The summed E-state index contributed by atoms with van der Waals surface area (Å²) in [6.45, 7) is 1.60. The minimum absolute atomic E-state index is 0. The van der Waals surface area contributed by atoms with Gasteiger partial charge < -0.3 is 10.2 Å². The molecule has 0 radical (unpaired) electrons. The maximum atomic E-state index is 14.3. The summed E-state index contributed by atoms with van der Waals surface area (Å²) < 4.78 is 53.5. The van der Waals surface area contributed by atoms with Gasteiger partial charge in [-0.05, 0) is 62.7 Å². The van der Waals surface area contributed by atoms with Gasteiger partial charge >= 0.3 is 6.18 Å². The molecule has 1 N–H and O–H groups in total. The monoisotopic (exact) mass is 431 g/mol. The Labute approximate surface area is 172 Å². The van der Waals surface area contributed by atoms with Gasteiger partial charge in [-0.15, -0.1) is 12.4 Å². The minimum atomic E-state index is -4.65. The predicted octanol–water partition coefficient (Wildman–Crippen LogP) is 4.45. The van der Waals surface area contributed by atoms with Gasteiger partial charge in [0.05, 0.1) is 23.4 Å². The number of rotatable bonds is 4. The predicted molar refractivity (Wildman–Crippen MR) is 103 cm³/mol. The van der Waals surface area contributed by atoms with Gasteiger partial charge in [-0.25, -0.2) is 4.39 Å². The second-order valence-electron chi connectivity index (χ2n) is 6.78. The number of carbonyl (C=O) groups excluding carboxylic acids is 1. The summed E-state index contributed by atoms with van der Waals surface area (Å²) in [4.78, 5) is 18.8. The number of alkyl halides is 3. The van der Waals surface area contributed by atoms with Crippen LogP contribution in [0.3, 0.4) is 0 Å². The van der Waals surface area contributed by atoms with Crippen LogP contribution in [0.15, 0.2) is 42.6 Å². The number of aromatic nitrogens is 1. The molecule has 1 unspecified atom stereocenters. The quantitative estimate of drug-likeness (QED) is 0.728. The topological polar surface area (TPSA) is 45.2 Å². The van der Waals surface area contributed by atoms with Crippen LogP contribution < -0.4 is 5.32 Å². The third kappa shape index (κ3) is 5.90. The van der Waals surface area contributed by atoms with Crippen LogP contribution in [0.25, 0.3) is 0 Å². The highest BCUT2D eigenvalue weighted by atomic mass is 35.5. The van der Waals surface area contributed by atoms with Crippen molar-refractivity contribution in [3.8, 4) is 0 Å². The molecule has 158 valence electrons. The van der Waals surface area contributed by atoms with Crippen LogP contribution in [0.5, 0.6) is 0 Å². The Morgan fingerprint density at radius 1 is 1.17 bits per heavy atom. The van der Waals surface area contributed by atoms with Gasteiger partial charge in [0.1, 0.15) is 5.82 Å². The number of halogens is 5. The molecule has 1 amide bonds. The summed E-state index contributed by atoms with van der Waals surface area (Å²) in [7, 11) is 0. The number of hydrogen-bond donors (Lipinski definition) is 1. The number of pyridine rings is 1. The molecule has 4 nitrogen and oxygen atoms in total. The van der Waals surface area contributed by atoms with Crippen molar-refractivity contribution in [1.82, 2.24) is 15.2 Å². The molecule has 1 aromatic carbocycles. The van der Waals surface area contributed by atoms with Crippen molar-refractivity contribution in [3.05, 3.63) is 65.2 Å². The van der Waals surface area contributed by atoms with Crippen molar-refractivity contribution in [2.75, 3.05) is 13.1 Å². The zero-order chi connectivity index (χ0) is 20.1. The van der Waals surface area contributed by atoms with Crippen molar-refractivity contribution in [1.29, 1.82) is 0 Å². The van der Waals surface area contributed by atoms with Gasteiger partial charge in [0.25, 0.3) is 5.91 Å². The summed E-state index contributed by atoms with van der Waals surface area (Å²) in [6, 6.07) is 6.96. The van der Waals surface area contributed by atoms with E-state index >= 15 is 0 Å². The van der Waals surface area contributed by atoms with Gasteiger partial charge in [-0.2, -0.15) is 13.2 Å². The molecule has 2 aromatic rings. The Balaban J connectivity index is 0.00000300. The summed E-state index contributed by atoms with van der Waals surface area (Å²) in [5.74, 6) is -1.71. The fourth-order valence-corrected chi connectivity index (χ4v) is 3.37. The van der Waals surface area contributed by atoms with Crippen molar-refractivity contribution in [3.63, 3.8) is 0 Å². The molecule has 3 rings (SSSR count). The molecule has 0 spiro atoms. The third-order valence-electron chi connectivity index (χ3n) is 4.83. The molecular formula is C20H22ClF4N3O. The summed E-state index contributed by atoms with van der Waals surface area (Å²) in [5, 5.41) is 3.24. The lowest BCUT2D eigenvalue weighted by Gasteiger charge is -2.31. The lowest BCUT2D eigenvalue weighted by Crippen LogP contribution is -2.41. The van der Waals surface area contributed by atoms with Crippen molar-refractivity contribution in [2.45, 2.75) is 38.0 Å². The summed E-state index contributed by atoms with van der Waals surface area (Å²) in [5.41, 5.74) is -1.01. The molecule has 1 aromatic heterocycles. The van der Waals surface area contributed by atoms with Crippen LogP contribution in [0.4, 0.5) is 17.6 Å². The molecule has 1 aliphatic heterocycles. The standard InChI is InChI=1S/C20H21F4N3O.ClH/c21-18-7-6-14(20(22,23)24)12-17(18)19(28)27(13-15-4-1-2-10-26-15)16-5-3-9-25-11-8-16;/h1-2,4,6-7,10,12,16,25H,3,5,8-9,11,13H2;1H. The lowest BCUT2D eigenvalue weighted by molar-refractivity contribution is -0.137. The van der Waals surface area contributed by atoms with Crippen molar-refractivity contribution < 1.29 is 22.4 Å². The Kier molecular flexibility index (Phi) is 7.98. The highest BCUT2D eigenvalue weighted by Gasteiger charge is 2.34. The molecule has 29 heavy (non-hydrogen) atoms. The largest absolute Gasteiger partial charge is 0.416 e. The Morgan fingerprint density at radius 3 is 2.66 bits per heavy atom. The second-order valence-corrected chi connectivity index (χ2v) is 6.78. The maximum absolute atomic E-state index is 14.3. The van der Waals surface area contributed by atoms with E-state index < -0.39 is 29.0 Å². The van der Waals surface area contributed by atoms with Crippen LogP contribution in [0, 0.1) is 5.82 Å². The molecule has 1 saturated heterocycles. The first-order valence-electron chi connectivity index (χ1n) is 9.14. The average molecular weight is 432 g/mol. The van der Waals surface area contributed by atoms with E-state index in [1.807, 2.05) is 0 Å². The molecule has 1 fully saturated rings. The van der Waals surface area contributed by atoms with Crippen LogP contribution in [0.2, 0.25) is 0 Å². The van der Waals surface area contributed by atoms with E-state index in [0.717, 1.165) is 13.0 Å². The first-order valence-corrected chi connectivity index (χ1v) is 9.14. The maximum Gasteiger partial charge on any atom is 0.416 e. The van der Waals surface area contributed by atoms with Gasteiger partial charge in [0, 0.05) is 12.2 Å². The van der Waals surface area contributed by atoms with Crippen molar-refractivity contribution >= 4 is 18.3 Å². The van der Waals surface area contributed by atoms with E-state index in [4.69, 9.17) is 0 Å². The van der Waals surface area contributed by atoms with Gasteiger partial charge in [0.2, 0.25) is 0 Å². The van der Waals surface area contributed by atoms with E-state index in [0.29, 0.717) is 43.3 Å². The number of amides is 1. The number of hydrogen-bond acceptors (Lipinski definition) is 3. The van der Waals surface area contributed by atoms with Crippen LogP contribution in [-0.4, -0.2) is 34.9 Å².